The first-order valence-corrected chi connectivity index (χ1v) is 14.9. The highest BCUT2D eigenvalue weighted by Gasteiger charge is 2.13. The molecule has 32 heavy (non-hydrogen) atoms. The Bertz CT molecular complexity index is 329. The van der Waals surface area contributed by atoms with E-state index in [4.69, 9.17) is 0 Å². The molecule has 0 spiro atoms. The number of hydrogen-bond donors (Lipinski definition) is 0. The van der Waals surface area contributed by atoms with E-state index in [1.165, 1.54) is 172 Å². The Balaban J connectivity index is 0. The normalized spacial score (nSPS) is 11.6. The Morgan fingerprint density at radius 1 is 0.312 bits per heavy atom. The molecule has 1 nitrogen and oxygen atoms in total. The largest absolute Gasteiger partial charge is 1.00 e. The second-order valence-corrected chi connectivity index (χ2v) is 11.2. The van der Waals surface area contributed by atoms with Gasteiger partial charge in [-0.25, -0.2) is 0 Å². The third-order valence-electron chi connectivity index (χ3n) is 7.23. The van der Waals surface area contributed by atoms with Crippen LogP contribution in [0.3, 0.4) is 0 Å². The number of unbranched alkanes of at least 4 members (excludes halogenated alkanes) is 22. The van der Waals surface area contributed by atoms with Crippen molar-refractivity contribution < 1.29 is 21.5 Å². The quantitative estimate of drug-likeness (QED) is 0.0823. The Labute approximate surface area is 216 Å². The van der Waals surface area contributed by atoms with Gasteiger partial charge in [-0.2, -0.15) is 0 Å². The van der Waals surface area contributed by atoms with Crippen LogP contribution in [-0.2, 0) is 0 Å². The summed E-state index contributed by atoms with van der Waals surface area (Å²) >= 11 is 0. The van der Waals surface area contributed by atoms with Crippen LogP contribution in [0, 0.1) is 0 Å². The molecule has 0 saturated carbocycles. The number of nitrogens with zero attached hydrogens (tertiary/aromatic N) is 1. The van der Waals surface area contributed by atoms with Gasteiger partial charge in [-0.15, -0.1) is 0 Å². The molecule has 0 aromatic rings. The maximum absolute atomic E-state index is 2.45. The van der Waals surface area contributed by atoms with Crippen molar-refractivity contribution >= 4 is 0 Å². The van der Waals surface area contributed by atoms with Gasteiger partial charge in [0.05, 0.1) is 27.2 Å². The monoisotopic (exact) mass is 517 g/mol. The molecular formula is C30H64BrN. The van der Waals surface area contributed by atoms with E-state index < -0.39 is 0 Å². The Morgan fingerprint density at radius 3 is 0.719 bits per heavy atom. The first-order valence-electron chi connectivity index (χ1n) is 14.9. The van der Waals surface area contributed by atoms with Gasteiger partial charge in [0.25, 0.3) is 0 Å². The number of halogens is 1. The topological polar surface area (TPSA) is 0 Å². The molecular weight excluding hydrogens is 454 g/mol. The summed E-state index contributed by atoms with van der Waals surface area (Å²) < 4.78 is 1.25. The summed E-state index contributed by atoms with van der Waals surface area (Å²) in [6.45, 7) is 7.38. The van der Waals surface area contributed by atoms with Crippen molar-refractivity contribution in [3.8, 4) is 0 Å². The van der Waals surface area contributed by atoms with Crippen LogP contribution in [0.25, 0.3) is 0 Å². The lowest BCUT2D eigenvalue weighted by molar-refractivity contribution is -0.890. The Kier molecular flexibility index (Phi) is 29.9. The summed E-state index contributed by atoms with van der Waals surface area (Å²) in [7, 11) is 4.91. The SMILES string of the molecule is CCCCCCCCCCCCCCCC[N+](C)(C)CCCCCCCCCCCC.[Br-]. The maximum atomic E-state index is 2.45. The smallest absolute Gasteiger partial charge is 0.0782 e. The van der Waals surface area contributed by atoms with E-state index in [9.17, 15) is 0 Å². The van der Waals surface area contributed by atoms with Crippen molar-refractivity contribution in [2.45, 2.75) is 168 Å². The van der Waals surface area contributed by atoms with Gasteiger partial charge in [-0.1, -0.05) is 142 Å². The van der Waals surface area contributed by atoms with Gasteiger partial charge in [0, 0.05) is 0 Å². The molecule has 196 valence electrons. The molecule has 0 heterocycles. The van der Waals surface area contributed by atoms with Crippen LogP contribution in [0.5, 0.6) is 0 Å². The molecule has 0 rings (SSSR count). The molecule has 0 fully saturated rings. The molecule has 0 saturated heterocycles. The van der Waals surface area contributed by atoms with E-state index in [-0.39, 0.29) is 17.0 Å². The van der Waals surface area contributed by atoms with Crippen LogP contribution < -0.4 is 17.0 Å². The van der Waals surface area contributed by atoms with Crippen LogP contribution in [0.1, 0.15) is 168 Å². The molecule has 0 aliphatic rings. The van der Waals surface area contributed by atoms with Crippen LogP contribution in [0.2, 0.25) is 0 Å². The Morgan fingerprint density at radius 2 is 0.500 bits per heavy atom. The minimum Gasteiger partial charge on any atom is -1.00 e. The van der Waals surface area contributed by atoms with Crippen LogP contribution in [-0.4, -0.2) is 31.7 Å². The molecule has 0 amide bonds. The molecule has 0 bridgehead atoms. The fraction of sp³-hybridized carbons (Fsp3) is 1.00. The number of hydrogen-bond acceptors (Lipinski definition) is 0. The third-order valence-corrected chi connectivity index (χ3v) is 7.23. The van der Waals surface area contributed by atoms with Gasteiger partial charge in [0.1, 0.15) is 0 Å². The molecule has 2 heteroatoms. The number of rotatable bonds is 26. The van der Waals surface area contributed by atoms with Crippen LogP contribution >= 0.6 is 0 Å². The van der Waals surface area contributed by atoms with E-state index in [0.717, 1.165) is 0 Å². The third kappa shape index (κ3) is 28.5. The van der Waals surface area contributed by atoms with Crippen molar-refractivity contribution in [1.29, 1.82) is 0 Å². The highest BCUT2D eigenvalue weighted by molar-refractivity contribution is 4.51. The molecule has 0 aliphatic carbocycles. The summed E-state index contributed by atoms with van der Waals surface area (Å²) in [4.78, 5) is 0. The minimum atomic E-state index is 0. The van der Waals surface area contributed by atoms with E-state index in [1.54, 1.807) is 0 Å². The molecule has 0 aliphatic heterocycles. The van der Waals surface area contributed by atoms with Crippen LogP contribution in [0.4, 0.5) is 0 Å². The lowest BCUT2D eigenvalue weighted by atomic mass is 10.0. The van der Waals surface area contributed by atoms with E-state index in [1.807, 2.05) is 0 Å². The van der Waals surface area contributed by atoms with E-state index >= 15 is 0 Å². The first-order chi connectivity index (χ1) is 15.1. The summed E-state index contributed by atoms with van der Waals surface area (Å²) in [5.41, 5.74) is 0. The average molecular weight is 519 g/mol. The van der Waals surface area contributed by atoms with Gasteiger partial charge < -0.3 is 21.5 Å². The Hall–Kier alpha value is 0.440. The number of quaternary nitrogens is 1. The van der Waals surface area contributed by atoms with Crippen molar-refractivity contribution in [2.24, 2.45) is 0 Å². The highest BCUT2D eigenvalue weighted by atomic mass is 79.9. The van der Waals surface area contributed by atoms with Gasteiger partial charge >= 0.3 is 0 Å². The lowest BCUT2D eigenvalue weighted by Crippen LogP contribution is -3.00. The van der Waals surface area contributed by atoms with Gasteiger partial charge in [-0.05, 0) is 25.7 Å². The van der Waals surface area contributed by atoms with E-state index in [0.29, 0.717) is 0 Å². The second-order valence-electron chi connectivity index (χ2n) is 11.2. The first kappa shape index (κ1) is 34.6. The van der Waals surface area contributed by atoms with Crippen molar-refractivity contribution in [1.82, 2.24) is 0 Å². The van der Waals surface area contributed by atoms with Gasteiger partial charge in [0.15, 0.2) is 0 Å². The zero-order valence-electron chi connectivity index (χ0n) is 23.2. The lowest BCUT2D eigenvalue weighted by Gasteiger charge is -2.30. The summed E-state index contributed by atoms with van der Waals surface area (Å²) in [5.74, 6) is 0. The van der Waals surface area contributed by atoms with Crippen molar-refractivity contribution in [2.75, 3.05) is 27.2 Å². The molecule has 0 N–H and O–H groups in total. The van der Waals surface area contributed by atoms with Gasteiger partial charge in [0.2, 0.25) is 0 Å². The maximum Gasteiger partial charge on any atom is 0.0782 e. The summed E-state index contributed by atoms with van der Waals surface area (Å²) in [5, 5.41) is 0. The van der Waals surface area contributed by atoms with Crippen molar-refractivity contribution in [3.05, 3.63) is 0 Å². The van der Waals surface area contributed by atoms with E-state index in [2.05, 4.69) is 27.9 Å². The average Bonchev–Trinajstić information content (AvgIpc) is 2.75. The molecule has 0 radical (unpaired) electrons. The summed E-state index contributed by atoms with van der Waals surface area (Å²) in [6, 6.07) is 0. The summed E-state index contributed by atoms with van der Waals surface area (Å²) in [6.07, 6.45) is 35.0. The highest BCUT2D eigenvalue weighted by Crippen LogP contribution is 2.15. The fourth-order valence-corrected chi connectivity index (χ4v) is 4.87. The van der Waals surface area contributed by atoms with Crippen molar-refractivity contribution in [3.63, 3.8) is 0 Å². The molecule has 0 aromatic carbocycles. The molecule has 0 unspecified atom stereocenters. The fourth-order valence-electron chi connectivity index (χ4n) is 4.87. The minimum absolute atomic E-state index is 0. The second kappa shape index (κ2) is 27.7. The predicted molar refractivity (Wildman–Crippen MR) is 144 cm³/mol. The molecule has 0 aromatic heterocycles. The molecule has 0 atom stereocenters. The standard InChI is InChI=1S/C30H64N.BrH/c1-5-7-9-11-13-15-17-18-19-20-22-24-26-28-30-31(3,4)29-27-25-23-21-16-14-12-10-8-6-2;/h5-30H2,1-4H3;1H/q+1;/p-1. The predicted octanol–water partition coefficient (Wildman–Crippen LogP) is 7.47. The zero-order valence-corrected chi connectivity index (χ0v) is 24.8. The zero-order chi connectivity index (χ0) is 22.9. The van der Waals surface area contributed by atoms with Gasteiger partial charge in [-0.3, -0.25) is 0 Å². The van der Waals surface area contributed by atoms with Crippen LogP contribution in [0.15, 0.2) is 0 Å².